The van der Waals surface area contributed by atoms with Gasteiger partial charge in [0.1, 0.15) is 0 Å². The summed E-state index contributed by atoms with van der Waals surface area (Å²) in [5, 5.41) is 16.1. The van der Waals surface area contributed by atoms with Gasteiger partial charge in [-0.3, -0.25) is 4.90 Å². The Labute approximate surface area is 127 Å². The van der Waals surface area contributed by atoms with E-state index in [1.165, 1.54) is 58.0 Å². The number of aryl methyl sites for hydroxylation is 1. The van der Waals surface area contributed by atoms with Crippen LogP contribution in [-0.2, 0) is 13.5 Å². The molecule has 1 unspecified atom stereocenters. The summed E-state index contributed by atoms with van der Waals surface area (Å²) in [6.45, 7) is 2.51. The lowest BCUT2D eigenvalue weighted by molar-refractivity contribution is 0.0383. The van der Waals surface area contributed by atoms with Crippen LogP contribution in [0.3, 0.4) is 0 Å². The monoisotopic (exact) mass is 292 g/mol. The summed E-state index contributed by atoms with van der Waals surface area (Å²) < 4.78 is 0. The van der Waals surface area contributed by atoms with Crippen LogP contribution in [-0.4, -0.2) is 56.8 Å². The third-order valence-electron chi connectivity index (χ3n) is 5.39. The molecule has 6 heteroatoms. The summed E-state index contributed by atoms with van der Waals surface area (Å²) in [4.78, 5) is 4.32. The zero-order chi connectivity index (χ0) is 14.7. The summed E-state index contributed by atoms with van der Waals surface area (Å²) in [5.41, 5.74) is 0.300. The maximum absolute atomic E-state index is 4.38. The fraction of sp³-hybridized carbons (Fsp3) is 0.933. The summed E-state index contributed by atoms with van der Waals surface area (Å²) >= 11 is 0. The maximum atomic E-state index is 4.38. The number of tetrazole rings is 1. The second-order valence-electron chi connectivity index (χ2n) is 6.60. The van der Waals surface area contributed by atoms with Crippen LogP contribution in [0, 0.1) is 0 Å². The standard InChI is InChI=1S/C15H28N6/c1-16-13(12-14-17-19-20(2)18-14)15(8-4-5-9-15)21-10-6-3-7-11-21/h13,16H,3-12H2,1-2H3. The van der Waals surface area contributed by atoms with Gasteiger partial charge in [0.05, 0.1) is 7.05 Å². The van der Waals surface area contributed by atoms with E-state index in [2.05, 4.69) is 32.7 Å². The summed E-state index contributed by atoms with van der Waals surface area (Å²) in [5.74, 6) is 0.861. The van der Waals surface area contributed by atoms with Crippen molar-refractivity contribution in [3.05, 3.63) is 5.82 Å². The smallest absolute Gasteiger partial charge is 0.176 e. The van der Waals surface area contributed by atoms with E-state index in [0.717, 1.165) is 12.2 Å². The first-order chi connectivity index (χ1) is 10.2. The fourth-order valence-electron chi connectivity index (χ4n) is 4.36. The molecule has 2 heterocycles. The molecule has 2 aliphatic rings. The van der Waals surface area contributed by atoms with Crippen molar-refractivity contribution in [1.29, 1.82) is 0 Å². The molecule has 1 aromatic rings. The number of rotatable bonds is 5. The molecule has 0 bridgehead atoms. The SMILES string of the molecule is CNC(Cc1nnn(C)n1)C1(N2CCCCC2)CCCC1. The highest BCUT2D eigenvalue weighted by Crippen LogP contribution is 2.40. The van der Waals surface area contributed by atoms with E-state index in [4.69, 9.17) is 0 Å². The molecular weight excluding hydrogens is 264 g/mol. The Morgan fingerprint density at radius 3 is 2.43 bits per heavy atom. The molecule has 1 aromatic heterocycles. The van der Waals surface area contributed by atoms with Gasteiger partial charge in [-0.15, -0.1) is 10.2 Å². The second-order valence-corrected chi connectivity index (χ2v) is 6.60. The van der Waals surface area contributed by atoms with E-state index < -0.39 is 0 Å². The van der Waals surface area contributed by atoms with Gasteiger partial charge in [-0.25, -0.2) is 0 Å². The molecule has 1 saturated heterocycles. The van der Waals surface area contributed by atoms with Crippen LogP contribution in [0.1, 0.15) is 50.8 Å². The van der Waals surface area contributed by atoms with Crippen LogP contribution in [0.2, 0.25) is 0 Å². The number of piperidine rings is 1. The van der Waals surface area contributed by atoms with Gasteiger partial charge in [-0.2, -0.15) is 4.80 Å². The Hall–Kier alpha value is -1.01. The Morgan fingerprint density at radius 1 is 1.14 bits per heavy atom. The van der Waals surface area contributed by atoms with Crippen molar-refractivity contribution in [1.82, 2.24) is 30.4 Å². The minimum Gasteiger partial charge on any atom is -0.315 e. The van der Waals surface area contributed by atoms with E-state index in [1.807, 2.05) is 7.05 Å². The predicted octanol–water partition coefficient (Wildman–Crippen LogP) is 1.14. The van der Waals surface area contributed by atoms with Crippen LogP contribution < -0.4 is 5.32 Å². The first-order valence-corrected chi connectivity index (χ1v) is 8.40. The predicted molar refractivity (Wildman–Crippen MR) is 82.0 cm³/mol. The van der Waals surface area contributed by atoms with Gasteiger partial charge in [-0.05, 0) is 51.0 Å². The summed E-state index contributed by atoms with van der Waals surface area (Å²) in [7, 11) is 3.92. The second kappa shape index (κ2) is 6.40. The van der Waals surface area contributed by atoms with Gasteiger partial charge in [0.15, 0.2) is 5.82 Å². The number of hydrogen-bond donors (Lipinski definition) is 1. The molecule has 1 aliphatic heterocycles. The highest BCUT2D eigenvalue weighted by molar-refractivity contribution is 5.06. The Balaban J connectivity index is 1.79. The maximum Gasteiger partial charge on any atom is 0.176 e. The van der Waals surface area contributed by atoms with E-state index in [1.54, 1.807) is 4.80 Å². The lowest BCUT2D eigenvalue weighted by atomic mass is 9.82. The quantitative estimate of drug-likeness (QED) is 0.882. The normalized spacial score (nSPS) is 24.3. The first-order valence-electron chi connectivity index (χ1n) is 8.40. The van der Waals surface area contributed by atoms with Gasteiger partial charge in [0, 0.05) is 18.0 Å². The molecule has 0 spiro atoms. The van der Waals surface area contributed by atoms with Crippen molar-refractivity contribution in [3.63, 3.8) is 0 Å². The number of aromatic nitrogens is 4. The fourth-order valence-corrected chi connectivity index (χ4v) is 4.36. The third-order valence-corrected chi connectivity index (χ3v) is 5.39. The van der Waals surface area contributed by atoms with Gasteiger partial charge in [-0.1, -0.05) is 19.3 Å². The van der Waals surface area contributed by atoms with E-state index in [-0.39, 0.29) is 0 Å². The number of hydrogen-bond acceptors (Lipinski definition) is 5. The topological polar surface area (TPSA) is 58.9 Å². The zero-order valence-electron chi connectivity index (χ0n) is 13.4. The zero-order valence-corrected chi connectivity index (χ0v) is 13.4. The minimum absolute atomic E-state index is 0.300. The highest BCUT2D eigenvalue weighted by atomic mass is 15.6. The van der Waals surface area contributed by atoms with E-state index >= 15 is 0 Å². The number of likely N-dealkylation sites (N-methyl/N-ethyl adjacent to an activating group) is 1. The van der Waals surface area contributed by atoms with Crippen molar-refractivity contribution in [2.45, 2.75) is 62.9 Å². The molecule has 6 nitrogen and oxygen atoms in total. The number of nitrogens with zero attached hydrogens (tertiary/aromatic N) is 5. The van der Waals surface area contributed by atoms with Crippen molar-refractivity contribution >= 4 is 0 Å². The molecule has 3 rings (SSSR count). The number of nitrogens with one attached hydrogen (secondary N) is 1. The summed E-state index contributed by atoms with van der Waals surface area (Å²) in [6, 6.07) is 0.419. The van der Waals surface area contributed by atoms with Crippen molar-refractivity contribution < 1.29 is 0 Å². The van der Waals surface area contributed by atoms with E-state index in [0.29, 0.717) is 11.6 Å². The molecular formula is C15H28N6. The van der Waals surface area contributed by atoms with Crippen LogP contribution in [0.15, 0.2) is 0 Å². The molecule has 2 fully saturated rings. The molecule has 21 heavy (non-hydrogen) atoms. The molecule has 0 aromatic carbocycles. The van der Waals surface area contributed by atoms with E-state index in [9.17, 15) is 0 Å². The van der Waals surface area contributed by atoms with Crippen LogP contribution >= 0.6 is 0 Å². The van der Waals surface area contributed by atoms with Crippen LogP contribution in [0.25, 0.3) is 0 Å². The van der Waals surface area contributed by atoms with Gasteiger partial charge in [0.2, 0.25) is 0 Å². The Bertz CT molecular complexity index is 445. The Morgan fingerprint density at radius 2 is 1.86 bits per heavy atom. The largest absolute Gasteiger partial charge is 0.315 e. The average molecular weight is 292 g/mol. The van der Waals surface area contributed by atoms with Gasteiger partial charge < -0.3 is 5.32 Å². The molecule has 1 N–H and O–H groups in total. The summed E-state index contributed by atoms with van der Waals surface area (Å²) in [6.07, 6.45) is 10.3. The van der Waals surface area contributed by atoms with Crippen molar-refractivity contribution in [3.8, 4) is 0 Å². The van der Waals surface area contributed by atoms with Gasteiger partial charge >= 0.3 is 0 Å². The third kappa shape index (κ3) is 2.97. The highest BCUT2D eigenvalue weighted by Gasteiger charge is 2.45. The average Bonchev–Trinajstić information content (AvgIpc) is 3.15. The van der Waals surface area contributed by atoms with Gasteiger partial charge in [0.25, 0.3) is 0 Å². The number of likely N-dealkylation sites (tertiary alicyclic amines) is 1. The first kappa shape index (κ1) is 14.9. The molecule has 0 amide bonds. The lowest BCUT2D eigenvalue weighted by Crippen LogP contribution is -2.61. The van der Waals surface area contributed by atoms with Crippen LogP contribution in [0.5, 0.6) is 0 Å². The van der Waals surface area contributed by atoms with Crippen molar-refractivity contribution in [2.24, 2.45) is 7.05 Å². The molecule has 1 aliphatic carbocycles. The van der Waals surface area contributed by atoms with Crippen molar-refractivity contribution in [2.75, 3.05) is 20.1 Å². The molecule has 118 valence electrons. The molecule has 1 atom stereocenters. The Kier molecular flexibility index (Phi) is 4.54. The molecule has 1 saturated carbocycles. The molecule has 0 radical (unpaired) electrons. The lowest BCUT2D eigenvalue weighted by Gasteiger charge is -2.48. The van der Waals surface area contributed by atoms with Crippen LogP contribution in [0.4, 0.5) is 0 Å². The minimum atomic E-state index is 0.300.